The molecule has 3 aromatic rings. The number of carbonyl (C=O) groups is 1. The summed E-state index contributed by atoms with van der Waals surface area (Å²) in [5.41, 5.74) is 0.899. The van der Waals surface area contributed by atoms with Crippen LogP contribution in [0.4, 0.5) is 10.1 Å². The quantitative estimate of drug-likeness (QED) is 0.699. The van der Waals surface area contributed by atoms with Crippen molar-refractivity contribution in [3.63, 3.8) is 0 Å². The lowest BCUT2D eigenvalue weighted by Gasteiger charge is -2.11. The van der Waals surface area contributed by atoms with Gasteiger partial charge in [-0.05, 0) is 42.0 Å². The molecule has 0 fully saturated rings. The first-order chi connectivity index (χ1) is 13.0. The molecule has 0 radical (unpaired) electrons. The molecule has 27 heavy (non-hydrogen) atoms. The van der Waals surface area contributed by atoms with Crippen LogP contribution in [0.3, 0.4) is 0 Å². The van der Waals surface area contributed by atoms with Crippen LogP contribution in [0.1, 0.15) is 5.56 Å². The highest BCUT2D eigenvalue weighted by atomic mass is 35.5. The topological polar surface area (TPSA) is 60.3 Å². The molecular weight excluding hydrogens is 371 g/mol. The van der Waals surface area contributed by atoms with E-state index in [4.69, 9.17) is 16.3 Å². The molecule has 0 saturated carbocycles. The van der Waals surface area contributed by atoms with E-state index in [2.05, 4.69) is 5.32 Å². The Morgan fingerprint density at radius 3 is 2.70 bits per heavy atom. The molecule has 0 aliphatic carbocycles. The first-order valence-corrected chi connectivity index (χ1v) is 8.51. The number of carbonyl (C=O) groups excluding carboxylic acids is 1. The number of ether oxygens (including phenoxy) is 1. The Kier molecular flexibility index (Phi) is 5.88. The van der Waals surface area contributed by atoms with Gasteiger partial charge in [-0.25, -0.2) is 4.39 Å². The fraction of sp³-hybridized carbons (Fsp3) is 0.100. The number of amides is 1. The van der Waals surface area contributed by atoms with Crippen LogP contribution in [0.5, 0.6) is 5.75 Å². The van der Waals surface area contributed by atoms with Crippen molar-refractivity contribution in [2.45, 2.75) is 13.2 Å². The molecule has 0 spiro atoms. The van der Waals surface area contributed by atoms with Crippen molar-refractivity contribution in [3.8, 4) is 5.75 Å². The first-order valence-electron chi connectivity index (χ1n) is 8.13. The molecule has 0 aliphatic rings. The van der Waals surface area contributed by atoms with E-state index in [1.165, 1.54) is 29.0 Å². The van der Waals surface area contributed by atoms with Crippen LogP contribution in [-0.4, -0.2) is 10.5 Å². The number of nitrogens with one attached hydrogen (secondary N) is 1. The third kappa shape index (κ3) is 5.18. The monoisotopic (exact) mass is 386 g/mol. The van der Waals surface area contributed by atoms with Gasteiger partial charge in [0.2, 0.25) is 5.91 Å². The fourth-order valence-electron chi connectivity index (χ4n) is 2.43. The summed E-state index contributed by atoms with van der Waals surface area (Å²) in [6.07, 6.45) is 1.54. The molecule has 0 unspecified atom stereocenters. The summed E-state index contributed by atoms with van der Waals surface area (Å²) in [5, 5.41) is 2.99. The number of benzene rings is 2. The first kappa shape index (κ1) is 18.7. The second-order valence-corrected chi connectivity index (χ2v) is 6.19. The van der Waals surface area contributed by atoms with E-state index in [0.29, 0.717) is 22.0 Å². The molecule has 2 aromatic carbocycles. The van der Waals surface area contributed by atoms with E-state index >= 15 is 0 Å². The SMILES string of the molecule is O=C(Cn1ccccc1=O)Nc1ccc(OCc2cccc(F)c2)c(Cl)c1. The summed E-state index contributed by atoms with van der Waals surface area (Å²) in [5.74, 6) is -0.274. The maximum atomic E-state index is 13.2. The Bertz CT molecular complexity index is 1020. The zero-order valence-corrected chi connectivity index (χ0v) is 14.9. The van der Waals surface area contributed by atoms with Crippen molar-refractivity contribution < 1.29 is 13.9 Å². The minimum absolute atomic E-state index is 0.102. The number of hydrogen-bond acceptors (Lipinski definition) is 3. The average Bonchev–Trinajstić information content (AvgIpc) is 2.63. The van der Waals surface area contributed by atoms with Gasteiger partial charge in [-0.15, -0.1) is 0 Å². The molecule has 0 saturated heterocycles. The van der Waals surface area contributed by atoms with E-state index in [0.717, 1.165) is 0 Å². The molecule has 1 N–H and O–H groups in total. The molecule has 0 bridgehead atoms. The van der Waals surface area contributed by atoms with E-state index in [-0.39, 0.29) is 30.4 Å². The van der Waals surface area contributed by atoms with E-state index in [9.17, 15) is 14.0 Å². The van der Waals surface area contributed by atoms with Crippen molar-refractivity contribution >= 4 is 23.2 Å². The van der Waals surface area contributed by atoms with Crippen LogP contribution >= 0.6 is 11.6 Å². The van der Waals surface area contributed by atoms with Crippen LogP contribution in [0.25, 0.3) is 0 Å². The van der Waals surface area contributed by atoms with Crippen molar-refractivity contribution in [1.29, 1.82) is 0 Å². The summed E-state index contributed by atoms with van der Waals surface area (Å²) in [6, 6.07) is 15.6. The summed E-state index contributed by atoms with van der Waals surface area (Å²) in [4.78, 5) is 23.7. The van der Waals surface area contributed by atoms with Crippen LogP contribution in [-0.2, 0) is 17.9 Å². The second kappa shape index (κ2) is 8.51. The van der Waals surface area contributed by atoms with Gasteiger partial charge in [0.05, 0.1) is 5.02 Å². The van der Waals surface area contributed by atoms with Gasteiger partial charge in [0.25, 0.3) is 5.56 Å². The third-order valence-corrected chi connectivity index (χ3v) is 4.01. The maximum absolute atomic E-state index is 13.2. The number of nitrogens with zero attached hydrogens (tertiary/aromatic N) is 1. The van der Waals surface area contributed by atoms with E-state index in [1.807, 2.05) is 0 Å². The summed E-state index contributed by atoms with van der Waals surface area (Å²) in [6.45, 7) is 0.0647. The standard InChI is InChI=1S/C20H16ClFN2O3/c21-17-11-16(23-19(25)12-24-9-2-1-6-20(24)26)7-8-18(17)27-13-14-4-3-5-15(22)10-14/h1-11H,12-13H2,(H,23,25). The van der Waals surface area contributed by atoms with Crippen LogP contribution in [0.2, 0.25) is 5.02 Å². The predicted octanol–water partition coefficient (Wildman–Crippen LogP) is 3.86. The van der Waals surface area contributed by atoms with Crippen molar-refractivity contribution in [3.05, 3.63) is 93.6 Å². The number of aromatic nitrogens is 1. The Morgan fingerprint density at radius 2 is 1.96 bits per heavy atom. The third-order valence-electron chi connectivity index (χ3n) is 3.71. The van der Waals surface area contributed by atoms with Crippen LogP contribution in [0, 0.1) is 5.82 Å². The average molecular weight is 387 g/mol. The lowest BCUT2D eigenvalue weighted by Crippen LogP contribution is -2.26. The molecule has 1 amide bonds. The summed E-state index contributed by atoms with van der Waals surface area (Å²) < 4.78 is 20.1. The van der Waals surface area contributed by atoms with Crippen molar-refractivity contribution in [1.82, 2.24) is 4.57 Å². The number of anilines is 1. The van der Waals surface area contributed by atoms with Crippen molar-refractivity contribution in [2.75, 3.05) is 5.32 Å². The normalized spacial score (nSPS) is 10.4. The van der Waals surface area contributed by atoms with Gasteiger partial charge in [-0.3, -0.25) is 9.59 Å². The fourth-order valence-corrected chi connectivity index (χ4v) is 2.67. The molecule has 3 rings (SSSR count). The summed E-state index contributed by atoms with van der Waals surface area (Å²) in [7, 11) is 0. The van der Waals surface area contributed by atoms with Gasteiger partial charge >= 0.3 is 0 Å². The number of halogens is 2. The van der Waals surface area contributed by atoms with Gasteiger partial charge in [-0.2, -0.15) is 0 Å². The van der Waals surface area contributed by atoms with Crippen LogP contribution < -0.4 is 15.6 Å². The predicted molar refractivity (Wildman–Crippen MR) is 102 cm³/mol. The van der Waals surface area contributed by atoms with Crippen LogP contribution in [0.15, 0.2) is 71.7 Å². The Labute approximate surface area is 160 Å². The minimum Gasteiger partial charge on any atom is -0.487 e. The van der Waals surface area contributed by atoms with Crippen molar-refractivity contribution in [2.24, 2.45) is 0 Å². The zero-order chi connectivity index (χ0) is 19.2. The Balaban J connectivity index is 1.61. The Morgan fingerprint density at radius 1 is 1.11 bits per heavy atom. The molecule has 1 aromatic heterocycles. The maximum Gasteiger partial charge on any atom is 0.250 e. The van der Waals surface area contributed by atoms with Gasteiger partial charge in [0, 0.05) is 18.0 Å². The van der Waals surface area contributed by atoms with Gasteiger partial charge in [-0.1, -0.05) is 29.8 Å². The molecule has 0 aliphatic heterocycles. The number of pyridine rings is 1. The molecule has 5 nitrogen and oxygen atoms in total. The highest BCUT2D eigenvalue weighted by Gasteiger charge is 2.08. The van der Waals surface area contributed by atoms with E-state index in [1.54, 1.807) is 42.5 Å². The molecule has 138 valence electrons. The largest absolute Gasteiger partial charge is 0.487 e. The lowest BCUT2D eigenvalue weighted by molar-refractivity contribution is -0.116. The van der Waals surface area contributed by atoms with Gasteiger partial charge in [0.1, 0.15) is 24.7 Å². The summed E-state index contributed by atoms with van der Waals surface area (Å²) >= 11 is 6.19. The number of hydrogen-bond donors (Lipinski definition) is 1. The molecular formula is C20H16ClFN2O3. The lowest BCUT2D eigenvalue weighted by atomic mass is 10.2. The number of rotatable bonds is 6. The molecule has 7 heteroatoms. The molecule has 0 atom stereocenters. The highest BCUT2D eigenvalue weighted by molar-refractivity contribution is 6.32. The zero-order valence-electron chi connectivity index (χ0n) is 14.2. The van der Waals surface area contributed by atoms with Gasteiger partial charge < -0.3 is 14.6 Å². The minimum atomic E-state index is -0.354. The second-order valence-electron chi connectivity index (χ2n) is 5.78. The Hall–Kier alpha value is -3.12. The van der Waals surface area contributed by atoms with Gasteiger partial charge in [0.15, 0.2) is 0 Å². The highest BCUT2D eigenvalue weighted by Crippen LogP contribution is 2.28. The van der Waals surface area contributed by atoms with E-state index < -0.39 is 0 Å². The molecule has 1 heterocycles. The smallest absolute Gasteiger partial charge is 0.250 e.